The van der Waals surface area contributed by atoms with Crippen molar-refractivity contribution in [1.29, 1.82) is 5.26 Å². The van der Waals surface area contributed by atoms with Crippen LogP contribution in [0, 0.1) is 11.3 Å². The lowest BCUT2D eigenvalue weighted by Crippen LogP contribution is -2.50. The van der Waals surface area contributed by atoms with E-state index in [1.54, 1.807) is 17.0 Å². The van der Waals surface area contributed by atoms with E-state index in [0.29, 0.717) is 55.1 Å². The normalized spacial score (nSPS) is 17.0. The summed E-state index contributed by atoms with van der Waals surface area (Å²) in [4.78, 5) is 33.2. The van der Waals surface area contributed by atoms with Crippen LogP contribution in [0.2, 0.25) is 0 Å². The summed E-state index contributed by atoms with van der Waals surface area (Å²) in [7, 11) is 0. The van der Waals surface area contributed by atoms with E-state index in [9.17, 15) is 14.9 Å². The van der Waals surface area contributed by atoms with E-state index in [-0.39, 0.29) is 5.41 Å². The van der Waals surface area contributed by atoms with Crippen LogP contribution in [-0.2, 0) is 10.2 Å². The van der Waals surface area contributed by atoms with Crippen molar-refractivity contribution in [3.05, 3.63) is 47.0 Å². The minimum atomic E-state index is -0.491. The highest BCUT2D eigenvalue weighted by Crippen LogP contribution is 2.41. The molecule has 2 heterocycles. The van der Waals surface area contributed by atoms with Gasteiger partial charge in [-0.25, -0.2) is 4.98 Å². The minimum Gasteiger partial charge on any atom is -0.423 e. The van der Waals surface area contributed by atoms with Gasteiger partial charge < -0.3 is 14.2 Å². The molecule has 0 unspecified atom stereocenters. The number of nitrogens with zero attached hydrogens (tertiary/aromatic N) is 4. The molecule has 7 heteroatoms. The Hall–Kier alpha value is -3.14. The molecule has 0 bridgehead atoms. The highest BCUT2D eigenvalue weighted by Gasteiger charge is 2.33. The lowest BCUT2D eigenvalue weighted by atomic mass is 9.86. The first kappa shape index (κ1) is 20.1. The molecule has 2 aliphatic rings. The van der Waals surface area contributed by atoms with Gasteiger partial charge in [0, 0.05) is 37.7 Å². The summed E-state index contributed by atoms with van der Waals surface area (Å²) in [5, 5.41) is 9.36. The third kappa shape index (κ3) is 3.95. The van der Waals surface area contributed by atoms with Gasteiger partial charge in [0.05, 0.1) is 0 Å². The van der Waals surface area contributed by atoms with Crippen molar-refractivity contribution in [3.8, 4) is 6.07 Å². The zero-order valence-corrected chi connectivity index (χ0v) is 17.6. The quantitative estimate of drug-likeness (QED) is 0.572. The summed E-state index contributed by atoms with van der Waals surface area (Å²) < 4.78 is 5.84. The molecular formula is C23H26N4O3. The fourth-order valence-corrected chi connectivity index (χ4v) is 3.62. The van der Waals surface area contributed by atoms with Gasteiger partial charge in [-0.2, -0.15) is 5.26 Å². The third-order valence-electron chi connectivity index (χ3n) is 5.72. The van der Waals surface area contributed by atoms with E-state index >= 15 is 0 Å². The van der Waals surface area contributed by atoms with Gasteiger partial charge in [0.2, 0.25) is 23.3 Å². The minimum absolute atomic E-state index is 0.00965. The van der Waals surface area contributed by atoms with Crippen LogP contribution in [0.3, 0.4) is 0 Å². The summed E-state index contributed by atoms with van der Waals surface area (Å²) in [5.74, 6) is 0.466. The summed E-state index contributed by atoms with van der Waals surface area (Å²) in [6.07, 6.45) is 2.10. The lowest BCUT2D eigenvalue weighted by Gasteiger charge is -2.34. The molecule has 0 radical (unpaired) electrons. The molecular weight excluding hydrogens is 380 g/mol. The van der Waals surface area contributed by atoms with Crippen molar-refractivity contribution in [2.24, 2.45) is 0 Å². The number of amides is 1. The number of nitriles is 1. The van der Waals surface area contributed by atoms with Gasteiger partial charge in [-0.1, -0.05) is 45.0 Å². The maximum Gasteiger partial charge on any atom is 0.295 e. The summed E-state index contributed by atoms with van der Waals surface area (Å²) in [6, 6.07) is 9.37. The Bertz CT molecular complexity index is 999. The average molecular weight is 406 g/mol. The molecule has 1 saturated carbocycles. The average Bonchev–Trinajstić information content (AvgIpc) is 3.51. The Morgan fingerprint density at radius 1 is 1.10 bits per heavy atom. The van der Waals surface area contributed by atoms with Crippen molar-refractivity contribution in [3.63, 3.8) is 0 Å². The molecule has 156 valence electrons. The summed E-state index contributed by atoms with van der Waals surface area (Å²) in [5.41, 5.74) is 1.81. The first-order valence-electron chi connectivity index (χ1n) is 10.4. The number of ketones is 1. The van der Waals surface area contributed by atoms with E-state index in [1.165, 1.54) is 0 Å². The smallest absolute Gasteiger partial charge is 0.295 e. The van der Waals surface area contributed by atoms with E-state index in [1.807, 2.05) is 17.0 Å². The van der Waals surface area contributed by atoms with Crippen molar-refractivity contribution in [2.45, 2.75) is 44.9 Å². The Morgan fingerprint density at radius 3 is 2.27 bits per heavy atom. The van der Waals surface area contributed by atoms with Crippen LogP contribution < -0.4 is 4.90 Å². The predicted molar refractivity (Wildman–Crippen MR) is 111 cm³/mol. The van der Waals surface area contributed by atoms with Crippen LogP contribution in [0.5, 0.6) is 0 Å². The number of carbonyl (C=O) groups is 2. The van der Waals surface area contributed by atoms with Crippen LogP contribution in [0.1, 0.15) is 67.0 Å². The van der Waals surface area contributed by atoms with Gasteiger partial charge in [0.1, 0.15) is 6.07 Å². The second-order valence-corrected chi connectivity index (χ2v) is 9.03. The predicted octanol–water partition coefficient (Wildman–Crippen LogP) is 3.25. The molecule has 1 aromatic heterocycles. The number of Topliss-reactive ketones (excluding diaryl/α,β-unsaturated/α-hetero) is 1. The highest BCUT2D eigenvalue weighted by molar-refractivity contribution is 6.42. The maximum absolute atomic E-state index is 12.7. The first-order valence-corrected chi connectivity index (χ1v) is 10.4. The standard InChI is InChI=1S/C23H26N4O3/c1-23(2,3)17-8-6-15(7-9-17)19(28)21(29)26-10-12-27(13-11-26)22-18(14-24)25-20(30-22)16-4-5-16/h6-9,16H,4-5,10-13H2,1-3H3. The number of carbonyl (C=O) groups excluding carboxylic acids is 2. The monoisotopic (exact) mass is 406 g/mol. The molecule has 0 spiro atoms. The maximum atomic E-state index is 12.7. The zero-order valence-electron chi connectivity index (χ0n) is 17.6. The fourth-order valence-electron chi connectivity index (χ4n) is 3.62. The molecule has 1 saturated heterocycles. The molecule has 2 aromatic rings. The number of oxazole rings is 1. The molecule has 1 aliphatic carbocycles. The molecule has 1 aromatic carbocycles. The Labute approximate surface area is 176 Å². The second-order valence-electron chi connectivity index (χ2n) is 9.03. The van der Waals surface area contributed by atoms with E-state index < -0.39 is 11.7 Å². The second kappa shape index (κ2) is 7.60. The number of hydrogen-bond donors (Lipinski definition) is 0. The topological polar surface area (TPSA) is 90.4 Å². The van der Waals surface area contributed by atoms with Gasteiger partial charge in [-0.15, -0.1) is 0 Å². The van der Waals surface area contributed by atoms with Crippen LogP contribution in [0.4, 0.5) is 5.88 Å². The van der Waals surface area contributed by atoms with Gasteiger partial charge >= 0.3 is 0 Å². The van der Waals surface area contributed by atoms with Gasteiger partial charge in [-0.3, -0.25) is 9.59 Å². The number of piperazine rings is 1. The Kier molecular flexibility index (Phi) is 5.10. The molecule has 1 amide bonds. The van der Waals surface area contributed by atoms with E-state index in [4.69, 9.17) is 4.42 Å². The molecule has 0 atom stereocenters. The van der Waals surface area contributed by atoms with Crippen molar-refractivity contribution >= 4 is 17.6 Å². The van der Waals surface area contributed by atoms with Crippen LogP contribution in [0.25, 0.3) is 0 Å². The molecule has 30 heavy (non-hydrogen) atoms. The zero-order chi connectivity index (χ0) is 21.5. The number of anilines is 1. The number of aromatic nitrogens is 1. The Morgan fingerprint density at radius 2 is 1.73 bits per heavy atom. The Balaban J connectivity index is 1.40. The molecule has 4 rings (SSSR count). The fraction of sp³-hybridized carbons (Fsp3) is 0.478. The molecule has 7 nitrogen and oxygen atoms in total. The summed E-state index contributed by atoms with van der Waals surface area (Å²) in [6.45, 7) is 8.10. The number of benzene rings is 1. The van der Waals surface area contributed by atoms with Crippen molar-refractivity contribution in [1.82, 2.24) is 9.88 Å². The molecule has 2 fully saturated rings. The number of hydrogen-bond acceptors (Lipinski definition) is 6. The molecule has 1 aliphatic heterocycles. The first-order chi connectivity index (χ1) is 14.3. The molecule has 0 N–H and O–H groups in total. The van der Waals surface area contributed by atoms with Gasteiger partial charge in [0.15, 0.2) is 0 Å². The van der Waals surface area contributed by atoms with E-state index in [0.717, 1.165) is 18.4 Å². The third-order valence-corrected chi connectivity index (χ3v) is 5.72. The van der Waals surface area contributed by atoms with Gasteiger partial charge in [0.25, 0.3) is 5.91 Å². The lowest BCUT2D eigenvalue weighted by molar-refractivity contribution is -0.126. The van der Waals surface area contributed by atoms with Crippen LogP contribution >= 0.6 is 0 Å². The van der Waals surface area contributed by atoms with Crippen molar-refractivity contribution in [2.75, 3.05) is 31.1 Å². The largest absolute Gasteiger partial charge is 0.423 e. The van der Waals surface area contributed by atoms with Crippen molar-refractivity contribution < 1.29 is 14.0 Å². The van der Waals surface area contributed by atoms with Crippen LogP contribution in [0.15, 0.2) is 28.7 Å². The van der Waals surface area contributed by atoms with E-state index in [2.05, 4.69) is 31.8 Å². The number of rotatable bonds is 4. The summed E-state index contributed by atoms with van der Waals surface area (Å²) >= 11 is 0. The highest BCUT2D eigenvalue weighted by atomic mass is 16.4. The van der Waals surface area contributed by atoms with Crippen LogP contribution in [-0.4, -0.2) is 47.8 Å². The van der Waals surface area contributed by atoms with Gasteiger partial charge in [-0.05, 0) is 23.8 Å². The SMILES string of the molecule is CC(C)(C)c1ccc(C(=O)C(=O)N2CCN(c3oc(C4CC4)nc3C#N)CC2)cc1.